The Labute approximate surface area is 138 Å². The van der Waals surface area contributed by atoms with Crippen molar-refractivity contribution in [2.24, 2.45) is 0 Å². The number of benzene rings is 1. The third-order valence-corrected chi connectivity index (χ3v) is 5.38. The van der Waals surface area contributed by atoms with Crippen molar-refractivity contribution >= 4 is 17.7 Å². The van der Waals surface area contributed by atoms with Gasteiger partial charge in [-0.2, -0.15) is 16.9 Å². The van der Waals surface area contributed by atoms with E-state index in [9.17, 15) is 4.79 Å². The Morgan fingerprint density at radius 3 is 3.09 bits per heavy atom. The fourth-order valence-electron chi connectivity index (χ4n) is 3.29. The van der Waals surface area contributed by atoms with Crippen molar-refractivity contribution in [1.82, 2.24) is 20.0 Å². The number of aromatic nitrogens is 2. The van der Waals surface area contributed by atoms with Crippen molar-refractivity contribution in [2.75, 3.05) is 25.2 Å². The maximum atomic E-state index is 12.3. The van der Waals surface area contributed by atoms with E-state index in [0.29, 0.717) is 0 Å². The fraction of sp³-hybridized carbons (Fsp3) is 0.375. The van der Waals surface area contributed by atoms with Crippen molar-refractivity contribution < 1.29 is 9.53 Å². The highest BCUT2D eigenvalue weighted by Gasteiger charge is 2.43. The number of nitrogens with zero attached hydrogens (tertiary/aromatic N) is 3. The molecule has 0 bridgehead atoms. The number of para-hydroxylation sites is 1. The first-order valence-electron chi connectivity index (χ1n) is 7.60. The van der Waals surface area contributed by atoms with Gasteiger partial charge < -0.3 is 10.1 Å². The van der Waals surface area contributed by atoms with Crippen molar-refractivity contribution in [3.8, 4) is 11.4 Å². The first kappa shape index (κ1) is 14.6. The van der Waals surface area contributed by atoms with Gasteiger partial charge in [0.05, 0.1) is 7.11 Å². The van der Waals surface area contributed by atoms with Gasteiger partial charge in [-0.05, 0) is 12.1 Å². The van der Waals surface area contributed by atoms with E-state index in [1.807, 2.05) is 42.2 Å². The largest absolute Gasteiger partial charge is 0.494 e. The van der Waals surface area contributed by atoms with Crippen LogP contribution in [0.25, 0.3) is 5.69 Å². The van der Waals surface area contributed by atoms with Gasteiger partial charge >= 0.3 is 0 Å². The smallest absolute Gasteiger partial charge is 0.239 e. The van der Waals surface area contributed by atoms with Gasteiger partial charge in [0.15, 0.2) is 5.75 Å². The number of amides is 1. The summed E-state index contributed by atoms with van der Waals surface area (Å²) < 4.78 is 7.46. The Hall–Kier alpha value is -1.99. The molecule has 0 saturated carbocycles. The van der Waals surface area contributed by atoms with Crippen LogP contribution in [0.2, 0.25) is 0 Å². The Balaban J connectivity index is 1.77. The molecule has 23 heavy (non-hydrogen) atoms. The van der Waals surface area contributed by atoms with Crippen molar-refractivity contribution in [3.63, 3.8) is 0 Å². The zero-order chi connectivity index (χ0) is 15.8. The SMILES string of the molecule is COc1c(C2NC(=O)C3CSCCN32)cccc1-n1cccn1. The molecular formula is C16H18N4O2S. The predicted octanol–water partition coefficient (Wildman–Crippen LogP) is 1.43. The van der Waals surface area contributed by atoms with E-state index >= 15 is 0 Å². The molecule has 6 nitrogen and oxygen atoms in total. The van der Waals surface area contributed by atoms with Gasteiger partial charge in [0.1, 0.15) is 17.9 Å². The molecule has 1 aromatic carbocycles. The summed E-state index contributed by atoms with van der Waals surface area (Å²) in [6, 6.07) is 7.79. The molecule has 0 aliphatic carbocycles. The zero-order valence-electron chi connectivity index (χ0n) is 12.8. The average molecular weight is 330 g/mol. The van der Waals surface area contributed by atoms with Crippen molar-refractivity contribution in [3.05, 3.63) is 42.2 Å². The van der Waals surface area contributed by atoms with Crippen LogP contribution in [-0.2, 0) is 4.79 Å². The van der Waals surface area contributed by atoms with Gasteiger partial charge in [0, 0.05) is 36.0 Å². The number of hydrogen-bond acceptors (Lipinski definition) is 5. The molecule has 2 aromatic rings. The summed E-state index contributed by atoms with van der Waals surface area (Å²) in [5, 5.41) is 7.42. The molecule has 2 fully saturated rings. The molecule has 4 rings (SSSR count). The number of fused-ring (bicyclic) bond motifs is 1. The third kappa shape index (κ3) is 2.40. The van der Waals surface area contributed by atoms with E-state index in [2.05, 4.69) is 15.3 Å². The summed E-state index contributed by atoms with van der Waals surface area (Å²) in [7, 11) is 1.66. The van der Waals surface area contributed by atoms with Crippen molar-refractivity contribution in [1.29, 1.82) is 0 Å². The minimum Gasteiger partial charge on any atom is -0.494 e. The van der Waals surface area contributed by atoms with Crippen LogP contribution in [-0.4, -0.2) is 51.8 Å². The van der Waals surface area contributed by atoms with E-state index in [4.69, 9.17) is 4.74 Å². The number of hydrogen-bond donors (Lipinski definition) is 1. The quantitative estimate of drug-likeness (QED) is 0.922. The Morgan fingerprint density at radius 2 is 2.30 bits per heavy atom. The summed E-state index contributed by atoms with van der Waals surface area (Å²) in [5.74, 6) is 2.75. The number of methoxy groups -OCH3 is 1. The molecule has 2 unspecified atom stereocenters. The van der Waals surface area contributed by atoms with Gasteiger partial charge in [-0.15, -0.1) is 0 Å². The topological polar surface area (TPSA) is 59.4 Å². The third-order valence-electron chi connectivity index (χ3n) is 4.36. The number of thioether (sulfide) groups is 1. The normalized spacial score (nSPS) is 24.3. The number of nitrogens with one attached hydrogen (secondary N) is 1. The molecule has 3 heterocycles. The highest BCUT2D eigenvalue weighted by molar-refractivity contribution is 7.99. The van der Waals surface area contributed by atoms with E-state index in [1.165, 1.54) is 0 Å². The van der Waals surface area contributed by atoms with Gasteiger partial charge in [0.2, 0.25) is 5.91 Å². The lowest BCUT2D eigenvalue weighted by molar-refractivity contribution is -0.121. The standard InChI is InChI=1S/C16H18N4O2S/c1-22-14-11(4-2-5-12(14)20-7-3-6-17-20)15-18-16(21)13-10-23-9-8-19(13)15/h2-7,13,15H,8-10H2,1H3,(H,18,21). The van der Waals surface area contributed by atoms with Gasteiger partial charge in [-0.25, -0.2) is 4.68 Å². The van der Waals surface area contributed by atoms with Crippen LogP contribution in [0.15, 0.2) is 36.7 Å². The molecule has 1 aromatic heterocycles. The van der Waals surface area contributed by atoms with Gasteiger partial charge in [-0.1, -0.05) is 12.1 Å². The molecule has 7 heteroatoms. The second-order valence-electron chi connectivity index (χ2n) is 5.59. The number of rotatable bonds is 3. The predicted molar refractivity (Wildman–Crippen MR) is 88.8 cm³/mol. The summed E-state index contributed by atoms with van der Waals surface area (Å²) in [4.78, 5) is 14.5. The fourth-order valence-corrected chi connectivity index (χ4v) is 4.37. The average Bonchev–Trinajstić information content (AvgIpc) is 3.23. The molecule has 0 spiro atoms. The lowest BCUT2D eigenvalue weighted by Crippen LogP contribution is -2.41. The van der Waals surface area contributed by atoms with E-state index < -0.39 is 0 Å². The molecule has 2 aliphatic rings. The Bertz CT molecular complexity index is 719. The summed E-state index contributed by atoms with van der Waals surface area (Å²) in [6.07, 6.45) is 3.48. The van der Waals surface area contributed by atoms with Crippen LogP contribution in [0.4, 0.5) is 0 Å². The second kappa shape index (κ2) is 5.90. The summed E-state index contributed by atoms with van der Waals surface area (Å²) in [5.41, 5.74) is 1.85. The highest BCUT2D eigenvalue weighted by atomic mass is 32.2. The second-order valence-corrected chi connectivity index (χ2v) is 6.74. The molecular weight excluding hydrogens is 312 g/mol. The molecule has 0 radical (unpaired) electrons. The maximum Gasteiger partial charge on any atom is 0.239 e. The first-order chi connectivity index (χ1) is 11.3. The van der Waals surface area contributed by atoms with E-state index in [0.717, 1.165) is 35.1 Å². The molecule has 2 aliphatic heterocycles. The number of carbonyl (C=O) groups excluding carboxylic acids is 1. The van der Waals surface area contributed by atoms with Gasteiger partial charge in [0.25, 0.3) is 0 Å². The lowest BCUT2D eigenvalue weighted by Gasteiger charge is -2.32. The molecule has 1 N–H and O–H groups in total. The Kier molecular flexibility index (Phi) is 3.74. The minimum atomic E-state index is -0.140. The maximum absolute atomic E-state index is 12.3. The molecule has 1 amide bonds. The van der Waals surface area contributed by atoms with Crippen LogP contribution >= 0.6 is 11.8 Å². The van der Waals surface area contributed by atoms with Crippen LogP contribution in [0.3, 0.4) is 0 Å². The summed E-state index contributed by atoms with van der Waals surface area (Å²) in [6.45, 7) is 0.897. The van der Waals surface area contributed by atoms with Crippen molar-refractivity contribution in [2.45, 2.75) is 12.2 Å². The van der Waals surface area contributed by atoms with Crippen LogP contribution in [0.1, 0.15) is 11.7 Å². The molecule has 120 valence electrons. The number of ether oxygens (including phenoxy) is 1. The Morgan fingerprint density at radius 1 is 1.39 bits per heavy atom. The zero-order valence-corrected chi connectivity index (χ0v) is 13.6. The number of carbonyl (C=O) groups is 1. The highest BCUT2D eigenvalue weighted by Crippen LogP contribution is 2.38. The van der Waals surface area contributed by atoms with E-state index in [1.54, 1.807) is 18.0 Å². The van der Waals surface area contributed by atoms with E-state index in [-0.39, 0.29) is 18.1 Å². The lowest BCUT2D eigenvalue weighted by atomic mass is 10.1. The van der Waals surface area contributed by atoms with Crippen LogP contribution in [0, 0.1) is 0 Å². The minimum absolute atomic E-state index is 0.0446. The first-order valence-corrected chi connectivity index (χ1v) is 8.76. The monoisotopic (exact) mass is 330 g/mol. The van der Waals surface area contributed by atoms with Crippen LogP contribution in [0.5, 0.6) is 5.75 Å². The molecule has 2 atom stereocenters. The summed E-state index contributed by atoms with van der Waals surface area (Å²) >= 11 is 1.84. The van der Waals surface area contributed by atoms with Gasteiger partial charge in [-0.3, -0.25) is 9.69 Å². The van der Waals surface area contributed by atoms with Crippen LogP contribution < -0.4 is 10.1 Å². The molecule has 2 saturated heterocycles.